The lowest BCUT2D eigenvalue weighted by Crippen LogP contribution is -2.38. The first-order chi connectivity index (χ1) is 15.9. The predicted octanol–water partition coefficient (Wildman–Crippen LogP) is 3.14. The van der Waals surface area contributed by atoms with E-state index in [2.05, 4.69) is 4.99 Å². The molecule has 0 saturated heterocycles. The summed E-state index contributed by atoms with van der Waals surface area (Å²) in [6, 6.07) is 3.62. The van der Waals surface area contributed by atoms with E-state index in [1.54, 1.807) is 26.0 Å². The van der Waals surface area contributed by atoms with Gasteiger partial charge >= 0.3 is 6.18 Å². The van der Waals surface area contributed by atoms with Gasteiger partial charge in [0.15, 0.2) is 5.71 Å². The number of aliphatic hydroxyl groups is 2. The van der Waals surface area contributed by atoms with Crippen LogP contribution in [0.25, 0.3) is 10.9 Å². The number of anilines is 1. The summed E-state index contributed by atoms with van der Waals surface area (Å²) in [5.41, 5.74) is 3.30. The van der Waals surface area contributed by atoms with Crippen molar-refractivity contribution in [2.24, 2.45) is 16.6 Å². The van der Waals surface area contributed by atoms with Crippen molar-refractivity contribution in [2.45, 2.75) is 57.3 Å². The summed E-state index contributed by atoms with van der Waals surface area (Å²) in [6.45, 7) is 2.93. The van der Waals surface area contributed by atoms with Crippen LogP contribution in [0.2, 0.25) is 0 Å². The van der Waals surface area contributed by atoms with Crippen molar-refractivity contribution in [3.05, 3.63) is 35.7 Å². The number of primary amides is 1. The molecule has 2 aromatic rings. The summed E-state index contributed by atoms with van der Waals surface area (Å²) in [4.78, 5) is 16.7. The van der Waals surface area contributed by atoms with Crippen LogP contribution in [0.15, 0.2) is 35.1 Å². The van der Waals surface area contributed by atoms with E-state index < -0.39 is 29.0 Å². The quantitative estimate of drug-likeness (QED) is 0.609. The van der Waals surface area contributed by atoms with Crippen LogP contribution < -0.4 is 10.6 Å². The van der Waals surface area contributed by atoms with Gasteiger partial charge < -0.3 is 20.8 Å². The number of benzene rings is 1. The molecule has 1 saturated carbocycles. The molecule has 1 aromatic heterocycles. The Hall–Kier alpha value is -2.92. The average Bonchev–Trinajstić information content (AvgIpc) is 3.20. The zero-order valence-corrected chi connectivity index (χ0v) is 19.0. The molecular formula is C23H28F3N5O3. The lowest BCUT2D eigenvalue weighted by atomic mass is 9.87. The van der Waals surface area contributed by atoms with E-state index >= 15 is 0 Å². The molecule has 4 N–H and O–H groups in total. The van der Waals surface area contributed by atoms with Crippen LogP contribution >= 0.6 is 0 Å². The highest BCUT2D eigenvalue weighted by atomic mass is 19.4. The highest BCUT2D eigenvalue weighted by Gasteiger charge is 2.42. The Labute approximate surface area is 194 Å². The highest BCUT2D eigenvalue weighted by molar-refractivity contribution is 6.23. The molecule has 1 aliphatic heterocycles. The molecule has 0 spiro atoms. The third-order valence-electron chi connectivity index (χ3n) is 6.51. The number of nitrogens with zero attached hydrogens (tertiary/aromatic N) is 4. The Kier molecular flexibility index (Phi) is 6.19. The first kappa shape index (κ1) is 24.2. The number of carbonyl (C=O) groups excluding carboxylic acids is 1. The maximum atomic E-state index is 13.3. The van der Waals surface area contributed by atoms with Gasteiger partial charge in [-0.05, 0) is 57.6 Å². The number of amides is 1. The van der Waals surface area contributed by atoms with Crippen molar-refractivity contribution in [1.29, 1.82) is 0 Å². The monoisotopic (exact) mass is 479 g/mol. The van der Waals surface area contributed by atoms with Crippen LogP contribution in [0.1, 0.15) is 51.1 Å². The van der Waals surface area contributed by atoms with Crippen LogP contribution in [0.4, 0.5) is 18.9 Å². The topological polar surface area (TPSA) is 117 Å². The molecule has 0 bridgehead atoms. The van der Waals surface area contributed by atoms with E-state index in [-0.39, 0.29) is 19.3 Å². The van der Waals surface area contributed by atoms with Crippen molar-refractivity contribution in [3.63, 3.8) is 0 Å². The molecule has 11 heteroatoms. The van der Waals surface area contributed by atoms with Gasteiger partial charge in [-0.25, -0.2) is 0 Å². The number of aliphatic imine (C=N–C) groups is 1. The van der Waals surface area contributed by atoms with Gasteiger partial charge in [-0.15, -0.1) is 0 Å². The molecule has 2 heterocycles. The summed E-state index contributed by atoms with van der Waals surface area (Å²) in [6.07, 6.45) is 1.69. The summed E-state index contributed by atoms with van der Waals surface area (Å²) in [5, 5.41) is 25.6. The number of rotatable bonds is 5. The predicted molar refractivity (Wildman–Crippen MR) is 121 cm³/mol. The normalized spacial score (nSPS) is 22.0. The molecule has 0 radical (unpaired) electrons. The number of aromatic nitrogens is 2. The van der Waals surface area contributed by atoms with Gasteiger partial charge in [-0.1, -0.05) is 0 Å². The van der Waals surface area contributed by atoms with Gasteiger partial charge in [0.05, 0.1) is 22.7 Å². The fourth-order valence-corrected chi connectivity index (χ4v) is 4.64. The van der Waals surface area contributed by atoms with E-state index in [0.29, 0.717) is 22.7 Å². The van der Waals surface area contributed by atoms with Gasteiger partial charge in [0.2, 0.25) is 0 Å². The maximum absolute atomic E-state index is 13.3. The van der Waals surface area contributed by atoms with Crippen LogP contribution in [0.5, 0.6) is 0 Å². The molecule has 2 aliphatic rings. The highest BCUT2D eigenvalue weighted by Crippen LogP contribution is 2.38. The van der Waals surface area contributed by atoms with Crippen LogP contribution in [-0.4, -0.2) is 51.1 Å². The number of halogens is 3. The summed E-state index contributed by atoms with van der Waals surface area (Å²) in [7, 11) is 0. The molecule has 184 valence electrons. The Bertz CT molecular complexity index is 1160. The van der Waals surface area contributed by atoms with E-state index in [0.717, 1.165) is 37.3 Å². The lowest BCUT2D eigenvalue weighted by Gasteiger charge is -2.30. The minimum absolute atomic E-state index is 0.180. The zero-order valence-electron chi connectivity index (χ0n) is 19.0. The molecule has 1 aliphatic carbocycles. The number of hydrogen-bond acceptors (Lipinski definition) is 6. The van der Waals surface area contributed by atoms with Gasteiger partial charge in [-0.3, -0.25) is 14.5 Å². The number of alkyl halides is 3. The number of fused-ring (bicyclic) bond motifs is 1. The van der Waals surface area contributed by atoms with Crippen LogP contribution in [-0.2, 0) is 10.4 Å². The maximum Gasteiger partial charge on any atom is 0.433 e. The lowest BCUT2D eigenvalue weighted by molar-refractivity contribution is -0.114. The molecule has 1 amide bonds. The van der Waals surface area contributed by atoms with E-state index in [9.17, 15) is 28.2 Å². The molecule has 0 atom stereocenters. The number of hydrogen-bond donors (Lipinski definition) is 3. The fraction of sp³-hybridized carbons (Fsp3) is 0.522. The smallest absolute Gasteiger partial charge is 0.396 e. The van der Waals surface area contributed by atoms with Crippen molar-refractivity contribution >= 4 is 28.2 Å². The zero-order chi connectivity index (χ0) is 24.8. The van der Waals surface area contributed by atoms with Crippen molar-refractivity contribution in [2.75, 3.05) is 18.2 Å². The molecule has 8 nitrogen and oxygen atoms in total. The summed E-state index contributed by atoms with van der Waals surface area (Å²) < 4.78 is 41.9. The van der Waals surface area contributed by atoms with E-state index in [4.69, 9.17) is 10.8 Å². The van der Waals surface area contributed by atoms with Gasteiger partial charge in [0.25, 0.3) is 5.91 Å². The van der Waals surface area contributed by atoms with E-state index in [1.165, 1.54) is 4.90 Å². The minimum Gasteiger partial charge on any atom is -0.396 e. The van der Waals surface area contributed by atoms with Gasteiger partial charge in [0, 0.05) is 35.6 Å². The first-order valence-corrected chi connectivity index (χ1v) is 11.2. The summed E-state index contributed by atoms with van der Waals surface area (Å²) in [5.74, 6) is -0.930. The van der Waals surface area contributed by atoms with Crippen molar-refractivity contribution in [1.82, 2.24) is 9.78 Å². The molecule has 1 aromatic carbocycles. The van der Waals surface area contributed by atoms with Crippen molar-refractivity contribution < 1.29 is 28.2 Å². The Morgan fingerprint density at radius 3 is 2.44 bits per heavy atom. The molecule has 0 unspecified atom stereocenters. The third kappa shape index (κ3) is 4.67. The molecule has 1 fully saturated rings. The van der Waals surface area contributed by atoms with E-state index in [1.807, 2.05) is 10.9 Å². The van der Waals surface area contributed by atoms with Crippen molar-refractivity contribution in [3.8, 4) is 0 Å². The molecule has 34 heavy (non-hydrogen) atoms. The molecule has 4 rings (SSSR count). The Morgan fingerprint density at radius 2 is 1.88 bits per heavy atom. The molecular weight excluding hydrogens is 451 g/mol. The van der Waals surface area contributed by atoms with Gasteiger partial charge in [0.1, 0.15) is 6.67 Å². The third-order valence-corrected chi connectivity index (χ3v) is 6.51. The first-order valence-electron chi connectivity index (χ1n) is 11.2. The fourth-order valence-electron chi connectivity index (χ4n) is 4.64. The van der Waals surface area contributed by atoms with Crippen LogP contribution in [0.3, 0.4) is 0 Å². The number of carbonyl (C=O) groups is 1. The number of aliphatic hydroxyl groups excluding tert-OH is 1. The summed E-state index contributed by atoms with van der Waals surface area (Å²) >= 11 is 0. The Balaban J connectivity index is 1.75. The second-order valence-electron chi connectivity index (χ2n) is 9.48. The Morgan fingerprint density at radius 1 is 1.21 bits per heavy atom. The standard InChI is InChI=1S/C23H28F3N5O3/c1-22(2,34)17-8-18-14(9-31(29-18)15-5-3-13(11-32)4-6-15)7-19(17)30-10-16(21(27)33)20(28-12-30)23(24,25)26/h7-10,13,15,32,34H,3-6,11-12H2,1-2H3,(H2,27,33). The SMILES string of the molecule is CC(C)(O)c1cc2nn(C3CCC(CO)CC3)cc2cc1N1C=C(C(N)=O)C(C(F)(F)F)=NC1. The van der Waals surface area contributed by atoms with Crippen LogP contribution in [0, 0.1) is 5.92 Å². The number of nitrogens with two attached hydrogens (primary N) is 1. The average molecular weight is 480 g/mol. The largest absolute Gasteiger partial charge is 0.433 e. The van der Waals surface area contributed by atoms with Gasteiger partial charge in [-0.2, -0.15) is 18.3 Å². The second kappa shape index (κ2) is 8.70. The minimum atomic E-state index is -4.81. The second-order valence-corrected chi connectivity index (χ2v) is 9.48.